The van der Waals surface area contributed by atoms with Crippen LogP contribution in [-0.2, 0) is 30.0 Å². The number of ether oxygens (including phenoxy) is 3. The molecule has 1 aromatic rings. The van der Waals surface area contributed by atoms with E-state index in [4.69, 9.17) is 18.6 Å². The van der Waals surface area contributed by atoms with Gasteiger partial charge in [-0.2, -0.15) is 0 Å². The fourth-order valence-electron chi connectivity index (χ4n) is 3.90. The molecule has 0 aliphatic carbocycles. The van der Waals surface area contributed by atoms with Gasteiger partial charge in [0.15, 0.2) is 8.32 Å². The zero-order valence-corrected chi connectivity index (χ0v) is 22.6. The van der Waals surface area contributed by atoms with Crippen molar-refractivity contribution in [1.82, 2.24) is 4.90 Å². The van der Waals surface area contributed by atoms with Gasteiger partial charge in [-0.25, -0.2) is 9.59 Å². The summed E-state index contributed by atoms with van der Waals surface area (Å²) < 4.78 is 22.7. The van der Waals surface area contributed by atoms with Gasteiger partial charge < -0.3 is 18.6 Å². The maximum atomic E-state index is 13.2. The van der Waals surface area contributed by atoms with Crippen LogP contribution in [0.25, 0.3) is 0 Å². The molecule has 2 rings (SSSR count). The monoisotopic (exact) mass is 489 g/mol. The minimum absolute atomic E-state index is 0.0266. The number of amides is 1. The van der Waals surface area contributed by atoms with Crippen LogP contribution in [0.5, 0.6) is 0 Å². The smallest absolute Gasteiger partial charge is 0.411 e. The fraction of sp³-hybridized carbons (Fsp3) is 0.538. The van der Waals surface area contributed by atoms with Gasteiger partial charge in [-0.3, -0.25) is 4.90 Å². The molecule has 1 heterocycles. The summed E-state index contributed by atoms with van der Waals surface area (Å²) in [6.07, 6.45) is 3.14. The molecule has 188 valence electrons. The molecule has 1 aliphatic heterocycles. The SMILES string of the molecule is C=CC[C@]1(CO[Si](C)(C)C(C)(C)C)C(=COC)CN(C(=O)OCc2ccccc2)[C@@H]1C(=O)OC. The Morgan fingerprint density at radius 2 is 1.85 bits per heavy atom. The van der Waals surface area contributed by atoms with Crippen LogP contribution in [0.4, 0.5) is 4.79 Å². The number of nitrogens with zero attached hydrogens (tertiary/aromatic N) is 1. The van der Waals surface area contributed by atoms with Crippen molar-refractivity contribution < 1.29 is 28.2 Å². The summed E-state index contributed by atoms with van der Waals surface area (Å²) in [7, 11) is 0.693. The van der Waals surface area contributed by atoms with Gasteiger partial charge in [0.1, 0.15) is 12.6 Å². The van der Waals surface area contributed by atoms with Gasteiger partial charge in [0.05, 0.1) is 25.9 Å². The molecule has 0 aromatic heterocycles. The van der Waals surface area contributed by atoms with Crippen molar-refractivity contribution in [3.05, 3.63) is 60.4 Å². The molecule has 1 amide bonds. The maximum absolute atomic E-state index is 13.2. The third-order valence-electron chi connectivity index (χ3n) is 6.94. The molecule has 8 heteroatoms. The zero-order chi connectivity index (χ0) is 25.6. The molecular formula is C26H39NO6Si. The standard InChI is InChI=1S/C26H39NO6Si/c1-9-15-26(19-33-34(7,8)25(2,3)4)21(18-30-5)16-27(22(26)23(28)31-6)24(29)32-17-20-13-11-10-12-14-20/h9-14,18,22H,1,15-17,19H2,2-8H3/t22-,26+/m1/s1. The Bertz CT molecular complexity index is 892. The number of carbonyl (C=O) groups is 2. The normalized spacial score (nSPS) is 21.9. The van der Waals surface area contributed by atoms with Crippen LogP contribution in [0, 0.1) is 5.41 Å². The highest BCUT2D eigenvalue weighted by Gasteiger charge is 2.58. The van der Waals surface area contributed by atoms with E-state index in [-0.39, 0.29) is 24.8 Å². The first-order valence-corrected chi connectivity index (χ1v) is 14.4. The lowest BCUT2D eigenvalue weighted by Crippen LogP contribution is -2.53. The lowest BCUT2D eigenvalue weighted by atomic mass is 9.75. The highest BCUT2D eigenvalue weighted by molar-refractivity contribution is 6.74. The summed E-state index contributed by atoms with van der Waals surface area (Å²) in [6, 6.07) is 8.46. The number of hydrogen-bond donors (Lipinski definition) is 0. The Balaban J connectivity index is 2.45. The zero-order valence-electron chi connectivity index (χ0n) is 21.6. The maximum Gasteiger partial charge on any atom is 0.411 e. The quantitative estimate of drug-likeness (QED) is 0.203. The fourth-order valence-corrected chi connectivity index (χ4v) is 4.95. The molecule has 0 bridgehead atoms. The van der Waals surface area contributed by atoms with Gasteiger partial charge in [0, 0.05) is 13.2 Å². The first-order valence-electron chi connectivity index (χ1n) is 11.5. The van der Waals surface area contributed by atoms with E-state index in [1.807, 2.05) is 30.3 Å². The second-order valence-corrected chi connectivity index (χ2v) is 15.0. The van der Waals surface area contributed by atoms with E-state index in [1.54, 1.807) is 19.4 Å². The number of benzene rings is 1. The van der Waals surface area contributed by atoms with Gasteiger partial charge in [0.25, 0.3) is 0 Å². The van der Waals surface area contributed by atoms with E-state index in [1.165, 1.54) is 12.0 Å². The second kappa shape index (κ2) is 11.2. The number of carbonyl (C=O) groups excluding carboxylic acids is 2. The van der Waals surface area contributed by atoms with Crippen molar-refractivity contribution in [2.24, 2.45) is 5.41 Å². The summed E-state index contributed by atoms with van der Waals surface area (Å²) in [5.41, 5.74) is 0.739. The van der Waals surface area contributed by atoms with Crippen LogP contribution in [0.2, 0.25) is 18.1 Å². The van der Waals surface area contributed by atoms with Crippen molar-refractivity contribution in [2.45, 2.75) is 58.0 Å². The summed E-state index contributed by atoms with van der Waals surface area (Å²) in [5.74, 6) is -0.531. The van der Waals surface area contributed by atoms with Crippen molar-refractivity contribution in [1.29, 1.82) is 0 Å². The first kappa shape index (κ1) is 27.7. The molecule has 34 heavy (non-hydrogen) atoms. The van der Waals surface area contributed by atoms with Crippen LogP contribution in [0.1, 0.15) is 32.8 Å². The number of rotatable bonds is 9. The van der Waals surface area contributed by atoms with Crippen LogP contribution >= 0.6 is 0 Å². The third-order valence-corrected chi connectivity index (χ3v) is 11.4. The van der Waals surface area contributed by atoms with E-state index >= 15 is 0 Å². The van der Waals surface area contributed by atoms with Gasteiger partial charge >= 0.3 is 12.1 Å². The number of hydrogen-bond acceptors (Lipinski definition) is 6. The number of likely N-dealkylation sites (tertiary alicyclic amines) is 1. The molecule has 0 saturated carbocycles. The molecule has 1 aliphatic rings. The van der Waals surface area contributed by atoms with E-state index < -0.39 is 31.8 Å². The summed E-state index contributed by atoms with van der Waals surface area (Å²) >= 11 is 0. The van der Waals surface area contributed by atoms with Gasteiger partial charge in [-0.15, -0.1) is 6.58 Å². The summed E-state index contributed by atoms with van der Waals surface area (Å²) in [6.45, 7) is 15.2. The summed E-state index contributed by atoms with van der Waals surface area (Å²) in [4.78, 5) is 27.8. The molecular weight excluding hydrogens is 450 g/mol. The highest BCUT2D eigenvalue weighted by Crippen LogP contribution is 2.48. The van der Waals surface area contributed by atoms with E-state index in [0.717, 1.165) is 11.1 Å². The van der Waals surface area contributed by atoms with Gasteiger partial charge in [-0.05, 0) is 35.7 Å². The number of methoxy groups -OCH3 is 2. The molecule has 0 spiro atoms. The molecule has 0 radical (unpaired) electrons. The largest absolute Gasteiger partial charge is 0.504 e. The highest BCUT2D eigenvalue weighted by atomic mass is 28.4. The van der Waals surface area contributed by atoms with Gasteiger partial charge in [0.2, 0.25) is 0 Å². The molecule has 7 nitrogen and oxygen atoms in total. The number of esters is 1. The van der Waals surface area contributed by atoms with Crippen LogP contribution in [0.3, 0.4) is 0 Å². The lowest BCUT2D eigenvalue weighted by molar-refractivity contribution is -0.149. The third kappa shape index (κ3) is 5.91. The second-order valence-electron chi connectivity index (χ2n) is 10.2. The minimum Gasteiger partial charge on any atom is -0.504 e. The number of allylic oxidation sites excluding steroid dienone is 1. The Kier molecular flexibility index (Phi) is 9.13. The van der Waals surface area contributed by atoms with Crippen LogP contribution in [-0.4, -0.2) is 58.7 Å². The van der Waals surface area contributed by atoms with Crippen molar-refractivity contribution >= 4 is 20.4 Å². The predicted molar refractivity (Wildman–Crippen MR) is 135 cm³/mol. The van der Waals surface area contributed by atoms with E-state index in [2.05, 4.69) is 40.4 Å². The topological polar surface area (TPSA) is 74.3 Å². The van der Waals surface area contributed by atoms with E-state index in [9.17, 15) is 9.59 Å². The molecule has 2 atom stereocenters. The average molecular weight is 490 g/mol. The predicted octanol–water partition coefficient (Wildman–Crippen LogP) is 5.30. The summed E-state index contributed by atoms with van der Waals surface area (Å²) in [5, 5.41) is -0.0266. The van der Waals surface area contributed by atoms with E-state index in [0.29, 0.717) is 6.42 Å². The van der Waals surface area contributed by atoms with Crippen LogP contribution in [0.15, 0.2) is 54.8 Å². The minimum atomic E-state index is -2.17. The molecule has 1 saturated heterocycles. The first-order chi connectivity index (χ1) is 15.9. The Morgan fingerprint density at radius 1 is 1.21 bits per heavy atom. The Morgan fingerprint density at radius 3 is 2.38 bits per heavy atom. The van der Waals surface area contributed by atoms with Crippen molar-refractivity contribution in [2.75, 3.05) is 27.4 Å². The van der Waals surface area contributed by atoms with Gasteiger partial charge in [-0.1, -0.05) is 57.2 Å². The Labute approximate surface area is 204 Å². The van der Waals surface area contributed by atoms with Crippen molar-refractivity contribution in [3.63, 3.8) is 0 Å². The lowest BCUT2D eigenvalue weighted by Gasteiger charge is -2.42. The molecule has 0 N–H and O–H groups in total. The molecule has 1 fully saturated rings. The average Bonchev–Trinajstić information content (AvgIpc) is 3.10. The molecule has 1 aromatic carbocycles. The van der Waals surface area contributed by atoms with Crippen molar-refractivity contribution in [3.8, 4) is 0 Å². The molecule has 0 unspecified atom stereocenters. The Hall–Kier alpha value is -2.58. The van der Waals surface area contributed by atoms with Crippen LogP contribution < -0.4 is 0 Å².